The molecule has 1 N–H and O–H groups in total. The van der Waals surface area contributed by atoms with Gasteiger partial charge in [0.15, 0.2) is 0 Å². The van der Waals surface area contributed by atoms with Gasteiger partial charge in [0.25, 0.3) is 0 Å². The van der Waals surface area contributed by atoms with E-state index in [9.17, 15) is 16.8 Å². The molecule has 1 fully saturated rings. The van der Waals surface area contributed by atoms with E-state index < -0.39 is 20.0 Å². The summed E-state index contributed by atoms with van der Waals surface area (Å²) < 4.78 is 57.4. The van der Waals surface area contributed by atoms with Gasteiger partial charge in [-0.1, -0.05) is 0 Å². The van der Waals surface area contributed by atoms with Gasteiger partial charge in [0.1, 0.15) is 0 Å². The molecule has 0 aliphatic carbocycles. The fourth-order valence-electron chi connectivity index (χ4n) is 2.52. The van der Waals surface area contributed by atoms with Gasteiger partial charge in [-0.05, 0) is 43.5 Å². The Morgan fingerprint density at radius 1 is 1.30 bits per heavy atom. The number of aryl methyl sites for hydroxylation is 1. The van der Waals surface area contributed by atoms with Gasteiger partial charge in [-0.25, -0.2) is 21.6 Å². The summed E-state index contributed by atoms with van der Waals surface area (Å²) in [5.41, 5.74) is 1.02. The van der Waals surface area contributed by atoms with Gasteiger partial charge in [0.2, 0.25) is 20.0 Å². The van der Waals surface area contributed by atoms with Crippen LogP contribution in [0.3, 0.4) is 0 Å². The third-order valence-electron chi connectivity index (χ3n) is 3.68. The van der Waals surface area contributed by atoms with Crippen LogP contribution in [0.4, 0.5) is 5.69 Å². The van der Waals surface area contributed by atoms with E-state index in [1.807, 2.05) is 0 Å². The van der Waals surface area contributed by atoms with E-state index in [1.54, 1.807) is 19.1 Å². The van der Waals surface area contributed by atoms with Crippen molar-refractivity contribution in [2.24, 2.45) is 0 Å². The number of hydrogen-bond donors (Lipinski definition) is 1. The molecule has 1 aromatic carbocycles. The van der Waals surface area contributed by atoms with Gasteiger partial charge < -0.3 is 4.74 Å². The lowest BCUT2D eigenvalue weighted by Gasteiger charge is -2.28. The van der Waals surface area contributed by atoms with E-state index in [0.29, 0.717) is 24.2 Å². The van der Waals surface area contributed by atoms with Crippen LogP contribution in [0.5, 0.6) is 0 Å². The fourth-order valence-corrected chi connectivity index (χ4v) is 5.39. The van der Waals surface area contributed by atoms with Crippen molar-refractivity contribution < 1.29 is 21.6 Å². The molecule has 0 aromatic heterocycles. The number of nitrogens with one attached hydrogen (secondary N) is 1. The highest BCUT2D eigenvalue weighted by molar-refractivity contribution is 7.92. The van der Waals surface area contributed by atoms with Crippen molar-refractivity contribution in [2.75, 3.05) is 36.9 Å². The first-order valence-corrected chi connectivity index (χ1v) is 10.5. The first-order valence-electron chi connectivity index (χ1n) is 7.37. The SMILES string of the molecule is COCCNS(=O)(=O)c1ccc(N2CCCCS2(=O)=O)cc1C. The van der Waals surface area contributed by atoms with Gasteiger partial charge in [0, 0.05) is 20.2 Å². The minimum Gasteiger partial charge on any atom is -0.383 e. The van der Waals surface area contributed by atoms with Gasteiger partial charge in [-0.3, -0.25) is 4.31 Å². The third-order valence-corrected chi connectivity index (χ3v) is 7.17. The van der Waals surface area contributed by atoms with E-state index in [2.05, 4.69) is 4.72 Å². The van der Waals surface area contributed by atoms with Crippen LogP contribution in [0, 0.1) is 6.92 Å². The molecular formula is C14H22N2O5S2. The lowest BCUT2D eigenvalue weighted by Crippen LogP contribution is -2.38. The maximum Gasteiger partial charge on any atom is 0.240 e. The summed E-state index contributed by atoms with van der Waals surface area (Å²) >= 11 is 0. The zero-order valence-corrected chi connectivity index (χ0v) is 14.9. The minimum absolute atomic E-state index is 0.130. The van der Waals surface area contributed by atoms with Crippen molar-refractivity contribution >= 4 is 25.7 Å². The number of ether oxygens (including phenoxy) is 1. The Morgan fingerprint density at radius 2 is 2.04 bits per heavy atom. The van der Waals surface area contributed by atoms with Crippen molar-refractivity contribution in [2.45, 2.75) is 24.7 Å². The fraction of sp³-hybridized carbons (Fsp3) is 0.571. The van der Waals surface area contributed by atoms with Crippen LogP contribution in [-0.4, -0.2) is 49.4 Å². The molecule has 9 heteroatoms. The molecule has 1 heterocycles. The van der Waals surface area contributed by atoms with Crippen LogP contribution in [0.25, 0.3) is 0 Å². The molecule has 1 aromatic rings. The highest BCUT2D eigenvalue weighted by atomic mass is 32.2. The second kappa shape index (κ2) is 7.16. The Balaban J connectivity index is 2.27. The molecule has 0 atom stereocenters. The van der Waals surface area contributed by atoms with Crippen molar-refractivity contribution in [3.63, 3.8) is 0 Å². The predicted octanol–water partition coefficient (Wildman–Crippen LogP) is 0.850. The lowest BCUT2D eigenvalue weighted by molar-refractivity contribution is 0.204. The van der Waals surface area contributed by atoms with Crippen molar-refractivity contribution in [3.05, 3.63) is 23.8 Å². The number of sulfonamides is 2. The summed E-state index contributed by atoms with van der Waals surface area (Å²) in [6, 6.07) is 4.60. The van der Waals surface area contributed by atoms with Crippen LogP contribution < -0.4 is 9.03 Å². The third kappa shape index (κ3) is 4.23. The van der Waals surface area contributed by atoms with Gasteiger partial charge in [0.05, 0.1) is 22.9 Å². The number of nitrogens with zero attached hydrogens (tertiary/aromatic N) is 1. The highest BCUT2D eigenvalue weighted by Crippen LogP contribution is 2.27. The second-order valence-corrected chi connectivity index (χ2v) is 9.18. The van der Waals surface area contributed by atoms with Crippen LogP contribution in [0.1, 0.15) is 18.4 Å². The maximum absolute atomic E-state index is 12.2. The minimum atomic E-state index is -3.64. The van der Waals surface area contributed by atoms with E-state index >= 15 is 0 Å². The van der Waals surface area contributed by atoms with E-state index in [4.69, 9.17) is 4.74 Å². The summed E-state index contributed by atoms with van der Waals surface area (Å²) in [7, 11) is -5.45. The Hall–Kier alpha value is -1.16. The Labute approximate surface area is 137 Å². The molecule has 23 heavy (non-hydrogen) atoms. The van der Waals surface area contributed by atoms with Crippen LogP contribution in [0.15, 0.2) is 23.1 Å². The zero-order chi connectivity index (χ0) is 17.1. The van der Waals surface area contributed by atoms with E-state index in [0.717, 1.165) is 6.42 Å². The molecule has 0 radical (unpaired) electrons. The average Bonchev–Trinajstić information content (AvgIpc) is 2.46. The van der Waals surface area contributed by atoms with Crippen LogP contribution in [0.2, 0.25) is 0 Å². The Bertz CT molecular complexity index is 759. The highest BCUT2D eigenvalue weighted by Gasteiger charge is 2.27. The van der Waals surface area contributed by atoms with Gasteiger partial charge in [-0.2, -0.15) is 0 Å². The molecule has 130 valence electrons. The monoisotopic (exact) mass is 362 g/mol. The Kier molecular flexibility index (Phi) is 5.66. The summed E-state index contributed by atoms with van der Waals surface area (Å²) in [6.07, 6.45) is 1.46. The lowest BCUT2D eigenvalue weighted by atomic mass is 10.2. The summed E-state index contributed by atoms with van der Waals surface area (Å²) in [6.45, 7) is 2.55. The van der Waals surface area contributed by atoms with E-state index in [-0.39, 0.29) is 23.8 Å². The number of hydrogen-bond acceptors (Lipinski definition) is 5. The first kappa shape index (κ1) is 18.2. The van der Waals surface area contributed by atoms with Gasteiger partial charge in [-0.15, -0.1) is 0 Å². The summed E-state index contributed by atoms with van der Waals surface area (Å²) in [4.78, 5) is 0.145. The molecule has 1 aliphatic heterocycles. The quantitative estimate of drug-likeness (QED) is 0.758. The molecule has 2 rings (SSSR count). The summed E-state index contributed by atoms with van der Waals surface area (Å²) in [5, 5.41) is 0. The smallest absolute Gasteiger partial charge is 0.240 e. The Morgan fingerprint density at radius 3 is 2.65 bits per heavy atom. The van der Waals surface area contributed by atoms with Crippen molar-refractivity contribution in [1.29, 1.82) is 0 Å². The molecule has 0 bridgehead atoms. The second-order valence-electron chi connectivity index (χ2n) is 5.44. The number of benzene rings is 1. The molecule has 0 spiro atoms. The topological polar surface area (TPSA) is 92.8 Å². The van der Waals surface area contributed by atoms with Crippen molar-refractivity contribution in [3.8, 4) is 0 Å². The molecule has 1 aliphatic rings. The van der Waals surface area contributed by atoms with Crippen LogP contribution in [-0.2, 0) is 24.8 Å². The van der Waals surface area contributed by atoms with Crippen molar-refractivity contribution in [1.82, 2.24) is 4.72 Å². The van der Waals surface area contributed by atoms with Gasteiger partial charge >= 0.3 is 0 Å². The largest absolute Gasteiger partial charge is 0.383 e. The zero-order valence-electron chi connectivity index (χ0n) is 13.3. The number of anilines is 1. The first-order chi connectivity index (χ1) is 10.8. The number of rotatable bonds is 6. The maximum atomic E-state index is 12.2. The normalized spacial score (nSPS) is 18.1. The predicted molar refractivity (Wildman–Crippen MR) is 88.6 cm³/mol. The summed E-state index contributed by atoms with van der Waals surface area (Å²) in [5.74, 6) is 0.130. The molecule has 0 saturated carbocycles. The average molecular weight is 362 g/mol. The molecule has 1 saturated heterocycles. The number of methoxy groups -OCH3 is 1. The molecule has 7 nitrogen and oxygen atoms in total. The molecular weight excluding hydrogens is 340 g/mol. The molecule has 0 unspecified atom stereocenters. The molecule has 0 amide bonds. The van der Waals surface area contributed by atoms with E-state index in [1.165, 1.54) is 17.5 Å². The van der Waals surface area contributed by atoms with Crippen LogP contribution >= 0.6 is 0 Å². The standard InChI is InChI=1S/C14H22N2O5S2/c1-12-11-13(16-8-3-4-10-22(16,17)18)5-6-14(12)23(19,20)15-7-9-21-2/h5-6,11,15H,3-4,7-10H2,1-2H3.